The van der Waals surface area contributed by atoms with Crippen molar-refractivity contribution >= 4 is 15.9 Å². The fourth-order valence-corrected chi connectivity index (χ4v) is 2.43. The summed E-state index contributed by atoms with van der Waals surface area (Å²) in [7, 11) is -4.02. The molecule has 0 aromatic heterocycles. The number of rotatable bonds is 7. The molecule has 1 aromatic rings. The largest absolute Gasteiger partial charge is 0.352 e. The molecule has 1 aromatic carbocycles. The van der Waals surface area contributed by atoms with Gasteiger partial charge in [-0.2, -0.15) is 0 Å². The highest BCUT2D eigenvalue weighted by atomic mass is 32.2. The summed E-state index contributed by atoms with van der Waals surface area (Å²) in [6.07, 6.45) is 0. The number of hydrogen-bond donors (Lipinski definition) is 3. The molecule has 0 heterocycles. The summed E-state index contributed by atoms with van der Waals surface area (Å²) < 4.78 is 51.3. The molecule has 0 saturated heterocycles. The van der Waals surface area contributed by atoms with Gasteiger partial charge in [-0.1, -0.05) is 12.1 Å². The van der Waals surface area contributed by atoms with Crippen molar-refractivity contribution in [2.45, 2.75) is 24.3 Å². The topological polar surface area (TPSA) is 101 Å². The zero-order valence-electron chi connectivity index (χ0n) is 11.4. The van der Waals surface area contributed by atoms with Crippen LogP contribution in [0.25, 0.3) is 0 Å². The molecule has 21 heavy (non-hydrogen) atoms. The van der Waals surface area contributed by atoms with E-state index in [1.54, 1.807) is 0 Å². The third-order valence-electron chi connectivity index (χ3n) is 2.59. The molecular weight excluding hydrogens is 304 g/mol. The predicted molar refractivity (Wildman–Crippen MR) is 73.2 cm³/mol. The predicted octanol–water partition coefficient (Wildman–Crippen LogP) is 0.195. The van der Waals surface area contributed by atoms with Crippen LogP contribution in [0.5, 0.6) is 0 Å². The molecule has 1 amide bonds. The number of amides is 1. The summed E-state index contributed by atoms with van der Waals surface area (Å²) >= 11 is 0. The Labute approximate surface area is 121 Å². The summed E-state index contributed by atoms with van der Waals surface area (Å²) in [5, 5.41) is 2.56. The number of nitrogens with two attached hydrogens (primary N) is 1. The maximum absolute atomic E-state index is 12.9. The molecule has 0 atom stereocenters. The summed E-state index contributed by atoms with van der Waals surface area (Å²) in [5.41, 5.74) is 5.52. The third-order valence-corrected chi connectivity index (χ3v) is 4.01. The first-order chi connectivity index (χ1) is 9.66. The van der Waals surface area contributed by atoms with Crippen molar-refractivity contribution in [2.24, 2.45) is 5.73 Å². The summed E-state index contributed by atoms with van der Waals surface area (Å²) in [6, 6.07) is 5.54. The van der Waals surface area contributed by atoms with E-state index in [2.05, 4.69) is 5.32 Å². The van der Waals surface area contributed by atoms with Crippen LogP contribution in [0.4, 0.5) is 8.78 Å². The van der Waals surface area contributed by atoms with Gasteiger partial charge in [-0.05, 0) is 17.7 Å². The quantitative estimate of drug-likeness (QED) is 0.667. The molecule has 118 valence electrons. The zero-order valence-corrected chi connectivity index (χ0v) is 12.2. The Morgan fingerprint density at radius 1 is 1.29 bits per heavy atom. The van der Waals surface area contributed by atoms with E-state index >= 15 is 0 Å². The van der Waals surface area contributed by atoms with Gasteiger partial charge in [0.05, 0.1) is 18.0 Å². The minimum atomic E-state index is -4.02. The molecule has 0 aliphatic heterocycles. The number of benzene rings is 1. The number of sulfonamides is 1. The molecule has 0 unspecified atom stereocenters. The van der Waals surface area contributed by atoms with Crippen LogP contribution in [0, 0.1) is 0 Å². The lowest BCUT2D eigenvalue weighted by Crippen LogP contribution is -2.41. The van der Waals surface area contributed by atoms with Crippen molar-refractivity contribution in [1.29, 1.82) is 0 Å². The smallest absolute Gasteiger partial charge is 0.273 e. The van der Waals surface area contributed by atoms with Crippen molar-refractivity contribution in [3.63, 3.8) is 0 Å². The Kier molecular flexibility index (Phi) is 5.76. The lowest BCUT2D eigenvalue weighted by atomic mass is 10.2. The number of carbonyl (C=O) groups is 1. The lowest BCUT2D eigenvalue weighted by Gasteiger charge is -2.14. The molecular formula is C12H17F2N3O3S. The molecule has 0 fully saturated rings. The Morgan fingerprint density at radius 3 is 2.33 bits per heavy atom. The Hall–Kier alpha value is -1.58. The monoisotopic (exact) mass is 321 g/mol. The second-order valence-corrected chi connectivity index (χ2v) is 6.21. The molecule has 1 rings (SSSR count). The Balaban J connectivity index is 2.73. The maximum Gasteiger partial charge on any atom is 0.273 e. The molecule has 4 N–H and O–H groups in total. The van der Waals surface area contributed by atoms with Gasteiger partial charge in [0, 0.05) is 13.5 Å². The van der Waals surface area contributed by atoms with Crippen molar-refractivity contribution in [3.05, 3.63) is 29.8 Å². The van der Waals surface area contributed by atoms with Gasteiger partial charge in [-0.25, -0.2) is 21.9 Å². The minimum Gasteiger partial charge on any atom is -0.352 e. The van der Waals surface area contributed by atoms with Crippen molar-refractivity contribution < 1.29 is 22.0 Å². The highest BCUT2D eigenvalue weighted by molar-refractivity contribution is 7.89. The van der Waals surface area contributed by atoms with E-state index in [4.69, 9.17) is 5.73 Å². The number of carbonyl (C=O) groups excluding carboxylic acids is 1. The van der Waals surface area contributed by atoms with E-state index in [-0.39, 0.29) is 17.3 Å². The van der Waals surface area contributed by atoms with E-state index in [1.807, 2.05) is 4.72 Å². The first-order valence-electron chi connectivity index (χ1n) is 6.07. The van der Waals surface area contributed by atoms with Crippen LogP contribution in [0.2, 0.25) is 0 Å². The second kappa shape index (κ2) is 6.92. The third kappa shape index (κ3) is 5.74. The van der Waals surface area contributed by atoms with Gasteiger partial charge in [0.15, 0.2) is 0 Å². The van der Waals surface area contributed by atoms with Crippen LogP contribution < -0.4 is 15.8 Å². The van der Waals surface area contributed by atoms with Crippen LogP contribution >= 0.6 is 0 Å². The molecule has 0 saturated carbocycles. The standard InChI is InChI=1S/C12H17F2N3O3S/c1-9(18)16-6-10-2-4-11(5-3-10)21(19,20)17-8-12(13,14)7-15/h2-5,17H,6-8,15H2,1H3,(H,16,18). The van der Waals surface area contributed by atoms with Crippen LogP contribution in [0.15, 0.2) is 29.2 Å². The van der Waals surface area contributed by atoms with Gasteiger partial charge in [0.25, 0.3) is 5.92 Å². The average Bonchev–Trinajstić information content (AvgIpc) is 2.44. The zero-order chi connectivity index (χ0) is 16.1. The molecule has 0 aliphatic rings. The summed E-state index contributed by atoms with van der Waals surface area (Å²) in [5.74, 6) is -3.50. The van der Waals surface area contributed by atoms with Crippen LogP contribution in [-0.2, 0) is 21.4 Å². The molecule has 0 bridgehead atoms. The van der Waals surface area contributed by atoms with Crippen molar-refractivity contribution in [3.8, 4) is 0 Å². The van der Waals surface area contributed by atoms with Gasteiger partial charge in [-0.15, -0.1) is 0 Å². The Morgan fingerprint density at radius 2 is 1.86 bits per heavy atom. The number of hydrogen-bond acceptors (Lipinski definition) is 4. The number of nitrogens with one attached hydrogen (secondary N) is 2. The van der Waals surface area contributed by atoms with Gasteiger partial charge >= 0.3 is 0 Å². The van der Waals surface area contributed by atoms with E-state index in [1.165, 1.54) is 31.2 Å². The van der Waals surface area contributed by atoms with E-state index in [0.717, 1.165) is 0 Å². The van der Waals surface area contributed by atoms with Gasteiger partial charge in [0.2, 0.25) is 15.9 Å². The van der Waals surface area contributed by atoms with Crippen LogP contribution in [-0.4, -0.2) is 33.3 Å². The molecule has 6 nitrogen and oxygen atoms in total. The second-order valence-electron chi connectivity index (χ2n) is 4.44. The first kappa shape index (κ1) is 17.5. The Bertz CT molecular complexity index is 588. The summed E-state index contributed by atoms with van der Waals surface area (Å²) in [4.78, 5) is 10.6. The highest BCUT2D eigenvalue weighted by Gasteiger charge is 2.29. The maximum atomic E-state index is 12.9. The fraction of sp³-hybridized carbons (Fsp3) is 0.417. The molecule has 0 aliphatic carbocycles. The van der Waals surface area contributed by atoms with Gasteiger partial charge in [0.1, 0.15) is 0 Å². The van der Waals surface area contributed by atoms with E-state index in [9.17, 15) is 22.0 Å². The molecule has 0 radical (unpaired) electrons. The minimum absolute atomic E-state index is 0.137. The molecule has 0 spiro atoms. The normalized spacial score (nSPS) is 12.2. The van der Waals surface area contributed by atoms with Gasteiger partial charge in [-0.3, -0.25) is 4.79 Å². The van der Waals surface area contributed by atoms with Crippen LogP contribution in [0.1, 0.15) is 12.5 Å². The van der Waals surface area contributed by atoms with Gasteiger partial charge < -0.3 is 11.1 Å². The lowest BCUT2D eigenvalue weighted by molar-refractivity contribution is -0.119. The summed E-state index contributed by atoms with van der Waals surface area (Å²) in [6.45, 7) is -0.376. The average molecular weight is 321 g/mol. The first-order valence-corrected chi connectivity index (χ1v) is 7.55. The van der Waals surface area contributed by atoms with Crippen LogP contribution in [0.3, 0.4) is 0 Å². The van der Waals surface area contributed by atoms with E-state index in [0.29, 0.717) is 5.56 Å². The highest BCUT2D eigenvalue weighted by Crippen LogP contribution is 2.14. The number of halogens is 2. The van der Waals surface area contributed by atoms with Crippen molar-refractivity contribution in [1.82, 2.24) is 10.0 Å². The van der Waals surface area contributed by atoms with E-state index < -0.39 is 29.0 Å². The fourth-order valence-electron chi connectivity index (χ4n) is 1.37. The SMILES string of the molecule is CC(=O)NCc1ccc(S(=O)(=O)NCC(F)(F)CN)cc1. The van der Waals surface area contributed by atoms with Crippen molar-refractivity contribution in [2.75, 3.05) is 13.1 Å². The number of alkyl halides is 2. The molecule has 9 heteroatoms.